The molecule has 2 aliphatic heterocycles. The van der Waals surface area contributed by atoms with Crippen molar-refractivity contribution in [1.82, 2.24) is 29.7 Å². The molecule has 19 heteroatoms. The smallest absolute Gasteiger partial charge is 0.493 e. The van der Waals surface area contributed by atoms with Gasteiger partial charge in [-0.05, 0) is 68.9 Å². The Morgan fingerprint density at radius 3 is 1.92 bits per heavy atom. The molecule has 2 amide bonds. The number of anilines is 1. The normalized spacial score (nSPS) is 17.0. The fraction of sp³-hybridized carbons (Fsp3) is 0.370. The first-order chi connectivity index (χ1) is 31.3. The van der Waals surface area contributed by atoms with Crippen LogP contribution in [0.25, 0.3) is 27.5 Å². The van der Waals surface area contributed by atoms with Gasteiger partial charge in [-0.3, -0.25) is 9.59 Å². The number of likely N-dealkylation sites (tertiary alicyclic amines) is 2. The molecule has 0 radical (unpaired) electrons. The lowest BCUT2D eigenvalue weighted by Gasteiger charge is -2.22. The predicted octanol–water partition coefficient (Wildman–Crippen LogP) is 7.32. The van der Waals surface area contributed by atoms with Crippen molar-refractivity contribution in [3.8, 4) is 34.4 Å². The Morgan fingerprint density at radius 2 is 1.29 bits per heavy atom. The summed E-state index contributed by atoms with van der Waals surface area (Å²) in [5.41, 5.74) is 8.51. The molecule has 2 N–H and O–H groups in total. The quantitative estimate of drug-likeness (QED) is 0.0828. The molecule has 6 aromatic rings. The summed E-state index contributed by atoms with van der Waals surface area (Å²) in [6, 6.07) is 11.9. The first kappa shape index (κ1) is 44.6. The summed E-state index contributed by atoms with van der Waals surface area (Å²) in [6.07, 6.45) is 2.26. The second kappa shape index (κ2) is 18.6. The minimum atomic E-state index is -5.10. The summed E-state index contributed by atoms with van der Waals surface area (Å²) in [4.78, 5) is 49.3. The van der Waals surface area contributed by atoms with E-state index in [0.29, 0.717) is 104 Å². The fourth-order valence-corrected chi connectivity index (χ4v) is 8.92. The van der Waals surface area contributed by atoms with Crippen LogP contribution in [0, 0.1) is 5.82 Å². The number of amides is 2. The van der Waals surface area contributed by atoms with Crippen molar-refractivity contribution in [2.75, 3.05) is 60.4 Å². The Bertz CT molecular complexity index is 2780. The van der Waals surface area contributed by atoms with Crippen LogP contribution < -0.4 is 34.0 Å². The third kappa shape index (κ3) is 9.17. The monoisotopic (exact) mass is 899 g/mol. The van der Waals surface area contributed by atoms with Crippen molar-refractivity contribution in [3.05, 3.63) is 95.8 Å². The van der Waals surface area contributed by atoms with Crippen LogP contribution in [0.5, 0.6) is 28.7 Å². The molecule has 8 rings (SSSR count). The molecule has 340 valence electrons. The van der Waals surface area contributed by atoms with Crippen LogP contribution in [0.1, 0.15) is 82.6 Å². The SMILES string of the molecule is COc1cc2ncnc(C3CCCN(C(=O)c4cc(-[n+]5cnc(C6CCCN(C(=O)c7ccc(F)cc7N)CC6)c6cc(OC)c(OC)cc65)c(OC(F)(F)F)cn4)CC3)c2cc1OC. The van der Waals surface area contributed by atoms with Crippen molar-refractivity contribution in [2.45, 2.75) is 56.7 Å². The fourth-order valence-electron chi connectivity index (χ4n) is 8.92. The molecule has 2 fully saturated rings. The molecule has 2 unspecified atom stereocenters. The lowest BCUT2D eigenvalue weighted by atomic mass is 9.93. The number of nitrogens with two attached hydrogens (primary N) is 1. The summed E-state index contributed by atoms with van der Waals surface area (Å²) in [7, 11) is 6.01. The molecule has 2 aliphatic rings. The van der Waals surface area contributed by atoms with Gasteiger partial charge in [-0.1, -0.05) is 4.98 Å². The zero-order valence-corrected chi connectivity index (χ0v) is 36.2. The number of nitrogens with zero attached hydrogens (tertiary/aromatic N) is 7. The number of alkyl halides is 3. The van der Waals surface area contributed by atoms with Crippen LogP contribution >= 0.6 is 0 Å². The van der Waals surface area contributed by atoms with E-state index in [2.05, 4.69) is 19.7 Å². The number of pyridine rings is 1. The number of hydrogen-bond donors (Lipinski definition) is 1. The third-order valence-corrected chi connectivity index (χ3v) is 12.1. The van der Waals surface area contributed by atoms with Gasteiger partial charge in [0.1, 0.15) is 23.4 Å². The predicted molar refractivity (Wildman–Crippen MR) is 229 cm³/mol. The summed E-state index contributed by atoms with van der Waals surface area (Å²) in [5.74, 6) is -0.523. The number of nitrogen functional groups attached to an aromatic ring is 1. The van der Waals surface area contributed by atoms with Gasteiger partial charge >= 0.3 is 6.36 Å². The molecule has 2 saturated heterocycles. The lowest BCUT2D eigenvalue weighted by Crippen LogP contribution is -2.36. The van der Waals surface area contributed by atoms with Gasteiger partial charge in [-0.25, -0.2) is 19.3 Å². The van der Waals surface area contributed by atoms with E-state index in [4.69, 9.17) is 29.7 Å². The van der Waals surface area contributed by atoms with Crippen molar-refractivity contribution >= 4 is 39.3 Å². The van der Waals surface area contributed by atoms with Crippen LogP contribution in [0.15, 0.2) is 67.4 Å². The number of ether oxygens (including phenoxy) is 5. The van der Waals surface area contributed by atoms with Crippen LogP contribution in [0.2, 0.25) is 0 Å². The van der Waals surface area contributed by atoms with Crippen LogP contribution in [-0.2, 0) is 0 Å². The second-order valence-corrected chi connectivity index (χ2v) is 15.9. The largest absolute Gasteiger partial charge is 0.573 e. The number of carbonyl (C=O) groups is 2. The van der Waals surface area contributed by atoms with E-state index in [1.165, 1.54) is 49.6 Å². The van der Waals surface area contributed by atoms with E-state index in [1.54, 1.807) is 42.2 Å². The highest BCUT2D eigenvalue weighted by Gasteiger charge is 2.36. The summed E-state index contributed by atoms with van der Waals surface area (Å²) in [6.45, 7) is 1.45. The molecule has 0 saturated carbocycles. The van der Waals surface area contributed by atoms with Gasteiger partial charge in [0.25, 0.3) is 18.1 Å². The summed E-state index contributed by atoms with van der Waals surface area (Å²) in [5, 5.41) is 1.34. The van der Waals surface area contributed by atoms with Crippen molar-refractivity contribution in [3.63, 3.8) is 0 Å². The number of fused-ring (bicyclic) bond motifs is 2. The van der Waals surface area contributed by atoms with E-state index in [1.807, 2.05) is 6.07 Å². The van der Waals surface area contributed by atoms with Crippen LogP contribution in [-0.4, -0.2) is 103 Å². The number of carbonyl (C=O) groups excluding carboxylic acids is 2. The van der Waals surface area contributed by atoms with E-state index in [0.717, 1.165) is 23.3 Å². The number of benzene rings is 3. The summed E-state index contributed by atoms with van der Waals surface area (Å²) < 4.78 is 84.2. The Kier molecular flexibility index (Phi) is 12.7. The minimum Gasteiger partial charge on any atom is -0.493 e. The zero-order chi connectivity index (χ0) is 46.0. The molecular weight excluding hydrogens is 853 g/mol. The number of hydrogen-bond acceptors (Lipinski definition) is 12. The molecule has 65 heavy (non-hydrogen) atoms. The first-order valence-corrected chi connectivity index (χ1v) is 21.0. The van der Waals surface area contributed by atoms with Crippen LogP contribution in [0.4, 0.5) is 23.2 Å². The first-order valence-electron chi connectivity index (χ1n) is 21.0. The molecule has 0 bridgehead atoms. The molecule has 3 aromatic carbocycles. The average Bonchev–Trinajstić information content (AvgIpc) is 3.71. The zero-order valence-electron chi connectivity index (χ0n) is 36.2. The molecule has 15 nitrogen and oxygen atoms in total. The maximum absolute atomic E-state index is 14.3. The van der Waals surface area contributed by atoms with Gasteiger partial charge in [0, 0.05) is 67.3 Å². The molecule has 0 spiro atoms. The highest BCUT2D eigenvalue weighted by Crippen LogP contribution is 2.40. The van der Waals surface area contributed by atoms with E-state index >= 15 is 0 Å². The van der Waals surface area contributed by atoms with E-state index in [-0.39, 0.29) is 46.1 Å². The maximum atomic E-state index is 14.3. The number of aromatic nitrogens is 5. The third-order valence-electron chi connectivity index (χ3n) is 12.1. The van der Waals surface area contributed by atoms with Crippen molar-refractivity contribution < 1.29 is 55.4 Å². The van der Waals surface area contributed by atoms with Gasteiger partial charge in [0.05, 0.1) is 56.8 Å². The highest BCUT2D eigenvalue weighted by atomic mass is 19.4. The second-order valence-electron chi connectivity index (χ2n) is 15.9. The number of halogens is 4. The van der Waals surface area contributed by atoms with Gasteiger partial charge in [-0.2, -0.15) is 4.57 Å². The summed E-state index contributed by atoms with van der Waals surface area (Å²) >= 11 is 0. The van der Waals surface area contributed by atoms with Gasteiger partial charge < -0.3 is 39.2 Å². The van der Waals surface area contributed by atoms with Gasteiger partial charge in [0.2, 0.25) is 0 Å². The van der Waals surface area contributed by atoms with Gasteiger partial charge in [-0.15, -0.1) is 13.2 Å². The molecular formula is C46H47F4N8O7+. The number of rotatable bonds is 10. The highest BCUT2D eigenvalue weighted by molar-refractivity contribution is 5.99. The topological polar surface area (TPSA) is 168 Å². The van der Waals surface area contributed by atoms with E-state index in [9.17, 15) is 27.2 Å². The van der Waals surface area contributed by atoms with E-state index < -0.39 is 23.8 Å². The molecule has 3 aromatic heterocycles. The molecule has 2 atom stereocenters. The Labute approximate surface area is 371 Å². The van der Waals surface area contributed by atoms with Gasteiger partial charge in [0.15, 0.2) is 40.1 Å². The van der Waals surface area contributed by atoms with Crippen molar-refractivity contribution in [2.24, 2.45) is 0 Å². The molecule has 5 heterocycles. The Hall–Kier alpha value is -7.05. The van der Waals surface area contributed by atoms with Crippen LogP contribution in [0.3, 0.4) is 0 Å². The standard InChI is InChI=1S/C46H46F4N8O7/c1-61-37-18-30-33(21-39(37)63-3)53-24-54-42(30)26-7-6-14-57(16-12-26)45(60)34-20-36(41(23-52-34)65-46(48,49)50)58-25-55-43(31-19-38(62-2)40(64-4)22-35(31)58)27-8-5-13-56(15-11-27)44(59)29-10-9-28(47)17-32(29)51/h9-10,17-27H,5-8,11-16H2,1-4H3,(H-,51,59)/p+1. The maximum Gasteiger partial charge on any atom is 0.573 e. The Morgan fingerprint density at radius 1 is 0.692 bits per heavy atom. The lowest BCUT2D eigenvalue weighted by molar-refractivity contribution is -0.572. The minimum absolute atomic E-state index is 0.0356. The van der Waals surface area contributed by atoms with Crippen molar-refractivity contribution in [1.29, 1.82) is 0 Å². The Balaban J connectivity index is 1.12. The molecule has 0 aliphatic carbocycles. The average molecular weight is 900 g/mol. The number of methoxy groups -OCH3 is 4.